The molecule has 2 N–H and O–H groups in total. The fraction of sp³-hybridized carbons (Fsp3) is 1.00. The number of nitrogens with zero attached hydrogens (tertiary/aromatic N) is 1. The number of rotatable bonds is 9. The highest BCUT2D eigenvalue weighted by atomic mass is 32.2. The number of unbranched alkanes of at least 4 members (excludes halogenated alkanes) is 2. The van der Waals surface area contributed by atoms with Crippen molar-refractivity contribution in [3.63, 3.8) is 0 Å². The lowest BCUT2D eigenvalue weighted by Crippen LogP contribution is -2.31. The second-order valence-electron chi connectivity index (χ2n) is 3.48. The molecule has 0 spiro atoms. The zero-order valence-electron chi connectivity index (χ0n) is 9.61. The van der Waals surface area contributed by atoms with Crippen LogP contribution in [0.4, 0.5) is 0 Å². The molecule has 0 atom stereocenters. The lowest BCUT2D eigenvalue weighted by atomic mass is 10.2. The Kier molecular flexibility index (Phi) is 7.95. The summed E-state index contributed by atoms with van der Waals surface area (Å²) in [5.41, 5.74) is 5.35. The van der Waals surface area contributed by atoms with E-state index in [0.717, 1.165) is 19.3 Å². The van der Waals surface area contributed by atoms with Gasteiger partial charge in [-0.15, -0.1) is 0 Å². The molecule has 0 rings (SSSR count). The first-order valence-electron chi connectivity index (χ1n) is 5.17. The standard InChI is InChI=1S/C9H22N2O3S/c1-11(7-5-3-4-6-10)15(12,13)9-8-14-2/h3-10H2,1-2H3. The maximum absolute atomic E-state index is 11.6. The molecule has 6 heteroatoms. The minimum absolute atomic E-state index is 0.0525. The van der Waals surface area contributed by atoms with E-state index in [1.165, 1.54) is 11.4 Å². The summed E-state index contributed by atoms with van der Waals surface area (Å²) in [6, 6.07) is 0. The van der Waals surface area contributed by atoms with Crippen molar-refractivity contribution in [2.24, 2.45) is 5.73 Å². The summed E-state index contributed by atoms with van der Waals surface area (Å²) in [7, 11) is -0.0311. The average molecular weight is 238 g/mol. The Morgan fingerprint density at radius 2 is 1.93 bits per heavy atom. The first-order valence-corrected chi connectivity index (χ1v) is 6.78. The van der Waals surface area contributed by atoms with Crippen molar-refractivity contribution in [3.05, 3.63) is 0 Å². The molecule has 0 amide bonds. The van der Waals surface area contributed by atoms with Crippen LogP contribution >= 0.6 is 0 Å². The molecule has 0 aliphatic carbocycles. The van der Waals surface area contributed by atoms with Crippen LogP contribution in [0.2, 0.25) is 0 Å². The van der Waals surface area contributed by atoms with Crippen LogP contribution in [0, 0.1) is 0 Å². The molecule has 0 unspecified atom stereocenters. The highest BCUT2D eigenvalue weighted by Gasteiger charge is 2.16. The smallest absolute Gasteiger partial charge is 0.216 e. The minimum atomic E-state index is -3.13. The van der Waals surface area contributed by atoms with Crippen molar-refractivity contribution in [1.82, 2.24) is 4.31 Å². The predicted octanol–water partition coefficient (Wildman–Crippen LogP) is 0.0234. The molecule has 5 nitrogen and oxygen atoms in total. The predicted molar refractivity (Wildman–Crippen MR) is 61.2 cm³/mol. The Balaban J connectivity index is 3.81. The summed E-state index contributed by atoms with van der Waals surface area (Å²) in [6.07, 6.45) is 2.78. The van der Waals surface area contributed by atoms with Gasteiger partial charge in [0.05, 0.1) is 12.4 Å². The topological polar surface area (TPSA) is 72.6 Å². The van der Waals surface area contributed by atoms with Crippen molar-refractivity contribution >= 4 is 10.0 Å². The van der Waals surface area contributed by atoms with E-state index in [-0.39, 0.29) is 12.4 Å². The summed E-state index contributed by atoms with van der Waals surface area (Å²) in [5.74, 6) is 0.0525. The van der Waals surface area contributed by atoms with E-state index in [9.17, 15) is 8.42 Å². The maximum atomic E-state index is 11.6. The first-order chi connectivity index (χ1) is 7.04. The van der Waals surface area contributed by atoms with Crippen molar-refractivity contribution in [2.45, 2.75) is 19.3 Å². The molecular weight excluding hydrogens is 216 g/mol. The Morgan fingerprint density at radius 1 is 1.27 bits per heavy atom. The number of sulfonamides is 1. The summed E-state index contributed by atoms with van der Waals surface area (Å²) >= 11 is 0. The highest BCUT2D eigenvalue weighted by Crippen LogP contribution is 2.02. The zero-order chi connectivity index (χ0) is 11.7. The SMILES string of the molecule is COCCS(=O)(=O)N(C)CCCCCN. The van der Waals surface area contributed by atoms with Gasteiger partial charge in [-0.25, -0.2) is 12.7 Å². The van der Waals surface area contributed by atoms with Gasteiger partial charge in [0.15, 0.2) is 0 Å². The monoisotopic (exact) mass is 238 g/mol. The average Bonchev–Trinajstić information content (AvgIpc) is 2.21. The molecule has 0 aromatic heterocycles. The number of ether oxygens (including phenoxy) is 1. The van der Waals surface area contributed by atoms with Crippen molar-refractivity contribution < 1.29 is 13.2 Å². The van der Waals surface area contributed by atoms with Crippen LogP contribution in [0.5, 0.6) is 0 Å². The molecule has 0 heterocycles. The van der Waals surface area contributed by atoms with Crippen LogP contribution in [0.3, 0.4) is 0 Å². The third-order valence-electron chi connectivity index (χ3n) is 2.20. The normalized spacial score (nSPS) is 12.3. The van der Waals surface area contributed by atoms with Crippen molar-refractivity contribution in [1.29, 1.82) is 0 Å². The lowest BCUT2D eigenvalue weighted by Gasteiger charge is -2.16. The van der Waals surface area contributed by atoms with Gasteiger partial charge in [-0.05, 0) is 19.4 Å². The van der Waals surface area contributed by atoms with E-state index < -0.39 is 10.0 Å². The fourth-order valence-corrected chi connectivity index (χ4v) is 2.24. The molecule has 0 bridgehead atoms. The lowest BCUT2D eigenvalue weighted by molar-refractivity contribution is 0.215. The van der Waals surface area contributed by atoms with Gasteiger partial charge in [0, 0.05) is 20.7 Å². The van der Waals surface area contributed by atoms with Gasteiger partial charge in [-0.2, -0.15) is 0 Å². The molecule has 0 aromatic rings. The van der Waals surface area contributed by atoms with E-state index in [1.807, 2.05) is 0 Å². The third kappa shape index (κ3) is 6.83. The van der Waals surface area contributed by atoms with Crippen molar-refractivity contribution in [2.75, 3.05) is 39.6 Å². The molecule has 92 valence electrons. The van der Waals surface area contributed by atoms with Crippen LogP contribution in [-0.2, 0) is 14.8 Å². The van der Waals surface area contributed by atoms with Crippen LogP contribution in [0.1, 0.15) is 19.3 Å². The Morgan fingerprint density at radius 3 is 2.47 bits per heavy atom. The van der Waals surface area contributed by atoms with Gasteiger partial charge < -0.3 is 10.5 Å². The van der Waals surface area contributed by atoms with E-state index in [1.54, 1.807) is 7.05 Å². The fourth-order valence-electron chi connectivity index (χ4n) is 1.14. The highest BCUT2D eigenvalue weighted by molar-refractivity contribution is 7.89. The molecule has 0 aromatic carbocycles. The minimum Gasteiger partial charge on any atom is -0.384 e. The molecule has 0 radical (unpaired) electrons. The van der Waals surface area contributed by atoms with Crippen LogP contribution < -0.4 is 5.73 Å². The van der Waals surface area contributed by atoms with Gasteiger partial charge in [0.2, 0.25) is 10.0 Å². The maximum Gasteiger partial charge on any atom is 0.216 e. The Labute approximate surface area is 92.6 Å². The molecule has 0 aliphatic rings. The van der Waals surface area contributed by atoms with Gasteiger partial charge in [-0.1, -0.05) is 6.42 Å². The number of hydrogen-bond donors (Lipinski definition) is 1. The first kappa shape index (κ1) is 14.8. The van der Waals surface area contributed by atoms with Crippen LogP contribution in [0.15, 0.2) is 0 Å². The van der Waals surface area contributed by atoms with Gasteiger partial charge in [-0.3, -0.25) is 0 Å². The summed E-state index contributed by atoms with van der Waals surface area (Å²) < 4.78 is 29.3. The van der Waals surface area contributed by atoms with Crippen LogP contribution in [-0.4, -0.2) is 52.3 Å². The Bertz CT molecular complexity index is 242. The van der Waals surface area contributed by atoms with Crippen molar-refractivity contribution in [3.8, 4) is 0 Å². The molecule has 15 heavy (non-hydrogen) atoms. The molecule has 0 saturated carbocycles. The molecule has 0 fully saturated rings. The second-order valence-corrected chi connectivity index (χ2v) is 5.68. The summed E-state index contributed by atoms with van der Waals surface area (Å²) in [5, 5.41) is 0. The van der Waals surface area contributed by atoms with Crippen LogP contribution in [0.25, 0.3) is 0 Å². The largest absolute Gasteiger partial charge is 0.384 e. The van der Waals surface area contributed by atoms with Gasteiger partial charge >= 0.3 is 0 Å². The number of methoxy groups -OCH3 is 1. The third-order valence-corrected chi connectivity index (χ3v) is 4.01. The molecule has 0 aliphatic heterocycles. The summed E-state index contributed by atoms with van der Waals surface area (Å²) in [4.78, 5) is 0. The van der Waals surface area contributed by atoms with Gasteiger partial charge in [0.25, 0.3) is 0 Å². The van der Waals surface area contributed by atoms with E-state index in [0.29, 0.717) is 13.1 Å². The number of hydrogen-bond acceptors (Lipinski definition) is 4. The molecular formula is C9H22N2O3S. The van der Waals surface area contributed by atoms with Gasteiger partial charge in [0.1, 0.15) is 0 Å². The van der Waals surface area contributed by atoms with E-state index in [2.05, 4.69) is 0 Å². The second kappa shape index (κ2) is 8.04. The zero-order valence-corrected chi connectivity index (χ0v) is 10.4. The summed E-state index contributed by atoms with van der Waals surface area (Å²) in [6.45, 7) is 1.47. The quantitative estimate of drug-likeness (QED) is 0.575. The number of nitrogens with two attached hydrogens (primary N) is 1. The van der Waals surface area contributed by atoms with E-state index in [4.69, 9.17) is 10.5 Å². The molecule has 0 saturated heterocycles. The van der Waals surface area contributed by atoms with E-state index >= 15 is 0 Å². The Hall–Kier alpha value is -0.170.